The maximum Gasteiger partial charge on any atom is 0.431 e. The van der Waals surface area contributed by atoms with E-state index in [-0.39, 0.29) is 31.5 Å². The number of piperidine rings is 1. The Morgan fingerprint density at radius 2 is 1.82 bits per heavy atom. The zero-order valence-electron chi connectivity index (χ0n) is 21.0. The Kier molecular flexibility index (Phi) is 6.71. The number of likely N-dealkylation sites (tertiary alicyclic amines) is 1. The third kappa shape index (κ3) is 5.20. The summed E-state index contributed by atoms with van der Waals surface area (Å²) in [6.45, 7) is 3.64. The van der Waals surface area contributed by atoms with Crippen molar-refractivity contribution >= 4 is 59.1 Å². The molecule has 8 nitrogen and oxygen atoms in total. The zero-order valence-corrected chi connectivity index (χ0v) is 22.6. The molecular formula is C29H27Cl2N5O3. The molecule has 0 radical (unpaired) electrons. The number of hydrogen-bond donors (Lipinski definition) is 2. The number of ether oxygens (including phenoxy) is 1. The van der Waals surface area contributed by atoms with Gasteiger partial charge in [-0.15, -0.1) is 12.4 Å². The van der Waals surface area contributed by atoms with Crippen molar-refractivity contribution in [3.63, 3.8) is 0 Å². The van der Waals surface area contributed by atoms with Crippen LogP contribution in [0.1, 0.15) is 34.4 Å². The molecule has 4 heterocycles. The molecule has 2 aromatic carbocycles. The van der Waals surface area contributed by atoms with E-state index in [1.807, 2.05) is 42.6 Å². The van der Waals surface area contributed by atoms with Gasteiger partial charge in [-0.3, -0.25) is 9.69 Å². The predicted octanol–water partition coefficient (Wildman–Crippen LogP) is 5.39. The van der Waals surface area contributed by atoms with Crippen molar-refractivity contribution in [2.45, 2.75) is 19.5 Å². The first-order valence-corrected chi connectivity index (χ1v) is 13.2. The van der Waals surface area contributed by atoms with Gasteiger partial charge in [-0.05, 0) is 65.8 Å². The fourth-order valence-corrected chi connectivity index (χ4v) is 5.75. The number of nitrogens with zero attached hydrogens (tertiary/aromatic N) is 3. The Morgan fingerprint density at radius 3 is 2.62 bits per heavy atom. The van der Waals surface area contributed by atoms with Gasteiger partial charge in [-0.1, -0.05) is 29.8 Å². The summed E-state index contributed by atoms with van der Waals surface area (Å²) >= 11 is 6.00. The number of carbonyl (C=O) groups excluding carboxylic acids is 2. The molecule has 0 spiro atoms. The molecule has 2 N–H and O–H groups in total. The number of halogens is 2. The highest BCUT2D eigenvalue weighted by Crippen LogP contribution is 2.45. The summed E-state index contributed by atoms with van der Waals surface area (Å²) in [5.74, 6) is 1.67. The van der Waals surface area contributed by atoms with E-state index >= 15 is 0 Å². The van der Waals surface area contributed by atoms with E-state index in [9.17, 15) is 9.59 Å². The Balaban J connectivity index is 0.00000277. The number of hydrazone groups is 1. The topological polar surface area (TPSA) is 90.0 Å². The molecule has 1 saturated heterocycles. The molecular weight excluding hydrogens is 537 g/mol. The smallest absolute Gasteiger partial charge is 0.431 e. The molecule has 1 saturated carbocycles. The van der Waals surface area contributed by atoms with E-state index in [0.717, 1.165) is 46.5 Å². The van der Waals surface area contributed by atoms with Crippen molar-refractivity contribution in [2.75, 3.05) is 25.0 Å². The second-order valence-electron chi connectivity index (χ2n) is 10.5. The highest BCUT2D eigenvalue weighted by molar-refractivity contribution is 6.34. The zero-order chi connectivity index (χ0) is 25.8. The molecule has 10 heteroatoms. The standard InChI is InChI=1S/C29H26ClN5O3.ClH/c30-22-4-2-19(3-5-22)27-16-38-29(37)35(33-27)13-17-1-6-26-24(8-17)25(28(36)32-26)10-23-7-18(11-31-23)12-34-14-20-9-21(20)15-34;/h1-8,10-11,20-21,31H,9,12-16H2,(H,32,36);1H/t20-,21?;/m1./s1. The number of amides is 2. The molecule has 2 amide bonds. The Morgan fingerprint density at radius 1 is 1.03 bits per heavy atom. The van der Waals surface area contributed by atoms with E-state index in [2.05, 4.69) is 26.4 Å². The first kappa shape index (κ1) is 25.7. The van der Waals surface area contributed by atoms with Gasteiger partial charge >= 0.3 is 6.09 Å². The normalized spacial score (nSPS) is 22.6. The van der Waals surface area contributed by atoms with Crippen molar-refractivity contribution in [3.05, 3.63) is 87.7 Å². The van der Waals surface area contributed by atoms with Gasteiger partial charge in [0.2, 0.25) is 0 Å². The average molecular weight is 564 g/mol. The number of cyclic esters (lactones) is 1. The van der Waals surface area contributed by atoms with Crippen molar-refractivity contribution in [1.82, 2.24) is 14.9 Å². The van der Waals surface area contributed by atoms with Crippen LogP contribution in [0.15, 0.2) is 59.8 Å². The molecule has 0 bridgehead atoms. The summed E-state index contributed by atoms with van der Waals surface area (Å²) in [6, 6.07) is 15.0. The van der Waals surface area contributed by atoms with E-state index in [4.69, 9.17) is 16.3 Å². The average Bonchev–Trinajstić information content (AvgIpc) is 3.19. The molecule has 4 aliphatic rings. The van der Waals surface area contributed by atoms with E-state index in [1.54, 1.807) is 12.1 Å². The van der Waals surface area contributed by atoms with Gasteiger partial charge in [-0.25, -0.2) is 4.79 Å². The first-order valence-electron chi connectivity index (χ1n) is 12.8. The summed E-state index contributed by atoms with van der Waals surface area (Å²) in [5.41, 5.74) is 6.58. The van der Waals surface area contributed by atoms with Gasteiger partial charge in [0.15, 0.2) is 0 Å². The lowest BCUT2D eigenvalue weighted by Gasteiger charge is -2.23. The van der Waals surface area contributed by atoms with Crippen LogP contribution < -0.4 is 5.32 Å². The molecule has 39 heavy (non-hydrogen) atoms. The highest BCUT2D eigenvalue weighted by Gasteiger charge is 2.44. The first-order chi connectivity index (χ1) is 18.5. The van der Waals surface area contributed by atoms with Crippen LogP contribution in [0.5, 0.6) is 0 Å². The highest BCUT2D eigenvalue weighted by atomic mass is 35.5. The van der Waals surface area contributed by atoms with Crippen LogP contribution in [-0.4, -0.2) is 52.3 Å². The second-order valence-corrected chi connectivity index (χ2v) is 10.9. The maximum atomic E-state index is 12.8. The minimum atomic E-state index is -0.512. The van der Waals surface area contributed by atoms with E-state index in [0.29, 0.717) is 16.3 Å². The molecule has 2 atom stereocenters. The number of aromatic nitrogens is 1. The number of carbonyl (C=O) groups is 2. The minimum absolute atomic E-state index is 0. The van der Waals surface area contributed by atoms with Crippen LogP contribution in [0.4, 0.5) is 10.5 Å². The van der Waals surface area contributed by atoms with Crippen molar-refractivity contribution in [3.8, 4) is 0 Å². The van der Waals surface area contributed by atoms with E-state index in [1.165, 1.54) is 30.1 Å². The number of benzene rings is 2. The van der Waals surface area contributed by atoms with Crippen LogP contribution in [0, 0.1) is 11.8 Å². The second kappa shape index (κ2) is 10.2. The lowest BCUT2D eigenvalue weighted by Crippen LogP contribution is -2.35. The number of fused-ring (bicyclic) bond motifs is 2. The van der Waals surface area contributed by atoms with Crippen molar-refractivity contribution in [1.29, 1.82) is 0 Å². The number of anilines is 1. The largest absolute Gasteiger partial charge is 0.442 e. The Bertz CT molecular complexity index is 1500. The van der Waals surface area contributed by atoms with Gasteiger partial charge in [0.25, 0.3) is 5.91 Å². The van der Waals surface area contributed by atoms with E-state index < -0.39 is 6.09 Å². The predicted molar refractivity (Wildman–Crippen MR) is 153 cm³/mol. The summed E-state index contributed by atoms with van der Waals surface area (Å²) in [6.07, 6.45) is 4.80. The quantitative estimate of drug-likeness (QED) is 0.393. The number of rotatable bonds is 6. The molecule has 200 valence electrons. The third-order valence-corrected chi connectivity index (χ3v) is 7.94. The van der Waals surface area contributed by atoms with Crippen LogP contribution in [0.3, 0.4) is 0 Å². The lowest BCUT2D eigenvalue weighted by molar-refractivity contribution is -0.110. The van der Waals surface area contributed by atoms with Gasteiger partial charge in [0.05, 0.1) is 12.1 Å². The van der Waals surface area contributed by atoms with Crippen LogP contribution in [0.25, 0.3) is 11.6 Å². The molecule has 1 unspecified atom stereocenters. The monoisotopic (exact) mass is 563 g/mol. The van der Waals surface area contributed by atoms with Crippen LogP contribution in [-0.2, 0) is 22.6 Å². The number of aromatic amines is 1. The number of H-pyrrole nitrogens is 1. The van der Waals surface area contributed by atoms with Crippen LogP contribution >= 0.6 is 24.0 Å². The number of hydrogen-bond acceptors (Lipinski definition) is 5. The fraction of sp³-hybridized carbons (Fsp3) is 0.276. The third-order valence-electron chi connectivity index (χ3n) is 7.69. The van der Waals surface area contributed by atoms with Crippen molar-refractivity contribution in [2.24, 2.45) is 16.9 Å². The van der Waals surface area contributed by atoms with Gasteiger partial charge in [-0.2, -0.15) is 10.1 Å². The Labute approximate surface area is 237 Å². The maximum absolute atomic E-state index is 12.8. The summed E-state index contributed by atoms with van der Waals surface area (Å²) in [7, 11) is 0. The summed E-state index contributed by atoms with van der Waals surface area (Å²) in [4.78, 5) is 31.1. The summed E-state index contributed by atoms with van der Waals surface area (Å²) in [5, 5.41) is 9.41. The van der Waals surface area contributed by atoms with Gasteiger partial charge < -0.3 is 15.0 Å². The van der Waals surface area contributed by atoms with Crippen LogP contribution in [0.2, 0.25) is 5.02 Å². The molecule has 1 aromatic heterocycles. The summed E-state index contributed by atoms with van der Waals surface area (Å²) < 4.78 is 5.37. The molecule has 3 aromatic rings. The van der Waals surface area contributed by atoms with Crippen molar-refractivity contribution < 1.29 is 14.3 Å². The minimum Gasteiger partial charge on any atom is -0.442 e. The van der Waals surface area contributed by atoms with Gasteiger partial charge in [0.1, 0.15) is 12.3 Å². The Hall–Kier alpha value is -3.59. The lowest BCUT2D eigenvalue weighted by atomic mass is 10.0. The molecule has 2 fully saturated rings. The fourth-order valence-electron chi connectivity index (χ4n) is 5.62. The molecule has 1 aliphatic carbocycles. The molecule has 3 aliphatic heterocycles. The number of nitrogens with one attached hydrogen (secondary N) is 2. The SMILES string of the molecule is Cl.O=C1Nc2ccc(CN3N=C(c4ccc(Cl)cc4)COC3=O)cc2C1=Cc1cc(CN2CC3C[C@@H]3C2)c[nH]1. The van der Waals surface area contributed by atoms with Gasteiger partial charge in [0, 0.05) is 53.4 Å². The molecule has 7 rings (SSSR count).